The Morgan fingerprint density at radius 2 is 1.81 bits per heavy atom. The highest BCUT2D eigenvalue weighted by atomic mass is 19.1. The number of rotatable bonds is 10. The Labute approximate surface area is 297 Å². The zero-order valence-electron chi connectivity index (χ0n) is 28.5. The van der Waals surface area contributed by atoms with Gasteiger partial charge in [0, 0.05) is 42.5 Å². The molecular formula is C38H39F3N6O5. The van der Waals surface area contributed by atoms with Gasteiger partial charge in [0.2, 0.25) is 5.91 Å². The number of likely N-dealkylation sites (tertiary alicyclic amines) is 2. The van der Waals surface area contributed by atoms with Crippen molar-refractivity contribution in [3.05, 3.63) is 89.5 Å². The third-order valence-corrected chi connectivity index (χ3v) is 10.1. The molecule has 14 heteroatoms. The lowest BCUT2D eigenvalue weighted by Crippen LogP contribution is -2.50. The number of carbonyl (C=O) groups excluding carboxylic acids is 2. The molecule has 11 nitrogen and oxygen atoms in total. The standard InChI is InChI=1S/C38H39F3N6O5/c1-2-30(44-37(49)52-21-22-7-4-3-5-8-22)36(48)45-14-6-9-26(45)18-29-28-12-10-23(39)16-31(28)42-34(29)35-43-32-17-24(40)11-13-33(32)47(35)20-27-15-25(41)19-46(27)38(50)51/h3-5,7-8,10-13,16-17,25-27,30,42H,2,6,9,14-15,18-21H2,1H3,(H,44,49)(H,50,51)/t25-,26-,27-,30-/m0/s1. The molecule has 0 unspecified atom stereocenters. The van der Waals surface area contributed by atoms with E-state index in [1.165, 1.54) is 24.3 Å². The third-order valence-electron chi connectivity index (χ3n) is 10.1. The Balaban J connectivity index is 1.21. The summed E-state index contributed by atoms with van der Waals surface area (Å²) in [7, 11) is 0. The zero-order chi connectivity index (χ0) is 36.5. The summed E-state index contributed by atoms with van der Waals surface area (Å²) in [5, 5.41) is 13.2. The molecular weight excluding hydrogens is 677 g/mol. The van der Waals surface area contributed by atoms with Crippen molar-refractivity contribution >= 4 is 40.0 Å². The number of aromatic amines is 1. The number of imidazole rings is 1. The van der Waals surface area contributed by atoms with Crippen molar-refractivity contribution in [2.45, 2.75) is 76.5 Å². The Bertz CT molecular complexity index is 2120. The van der Waals surface area contributed by atoms with Crippen LogP contribution in [0.25, 0.3) is 33.5 Å². The molecule has 52 heavy (non-hydrogen) atoms. The normalized spacial score (nSPS) is 19.4. The Morgan fingerprint density at radius 3 is 2.58 bits per heavy atom. The molecule has 2 aliphatic heterocycles. The van der Waals surface area contributed by atoms with Gasteiger partial charge < -0.3 is 34.5 Å². The van der Waals surface area contributed by atoms with Crippen LogP contribution in [0.4, 0.5) is 22.8 Å². The molecule has 2 aliphatic rings. The quantitative estimate of drug-likeness (QED) is 0.146. The van der Waals surface area contributed by atoms with E-state index in [1.807, 2.05) is 37.3 Å². The van der Waals surface area contributed by atoms with Crippen LogP contribution >= 0.6 is 0 Å². The van der Waals surface area contributed by atoms with Gasteiger partial charge in [-0.2, -0.15) is 0 Å². The number of fused-ring (bicyclic) bond motifs is 2. The molecule has 7 rings (SSSR count). The van der Waals surface area contributed by atoms with Crippen LogP contribution in [0.2, 0.25) is 0 Å². The van der Waals surface area contributed by atoms with Gasteiger partial charge in [-0.25, -0.2) is 27.7 Å². The molecule has 0 aliphatic carbocycles. The first kappa shape index (κ1) is 34.9. The van der Waals surface area contributed by atoms with Crippen LogP contribution in [0.5, 0.6) is 0 Å². The zero-order valence-corrected chi connectivity index (χ0v) is 28.5. The average Bonchev–Trinajstić information content (AvgIpc) is 3.91. The number of hydrogen-bond acceptors (Lipinski definition) is 5. The summed E-state index contributed by atoms with van der Waals surface area (Å²) in [6.07, 6.45) is -1.19. The first-order chi connectivity index (χ1) is 25.1. The molecule has 3 N–H and O–H groups in total. The molecule has 0 spiro atoms. The van der Waals surface area contributed by atoms with Crippen molar-refractivity contribution in [1.82, 2.24) is 29.7 Å². The van der Waals surface area contributed by atoms with Gasteiger partial charge in [0.15, 0.2) is 5.82 Å². The smallest absolute Gasteiger partial charge is 0.408 e. The van der Waals surface area contributed by atoms with E-state index in [9.17, 15) is 32.7 Å². The van der Waals surface area contributed by atoms with E-state index < -0.39 is 42.1 Å². The number of carbonyl (C=O) groups is 3. The van der Waals surface area contributed by atoms with Crippen molar-refractivity contribution in [3.8, 4) is 11.5 Å². The number of ether oxygens (including phenoxy) is 1. The fourth-order valence-corrected chi connectivity index (χ4v) is 7.61. The van der Waals surface area contributed by atoms with Gasteiger partial charge in [0.05, 0.1) is 29.3 Å². The number of alkyl carbamates (subject to hydrolysis) is 1. The Kier molecular flexibility index (Phi) is 9.80. The summed E-state index contributed by atoms with van der Waals surface area (Å²) >= 11 is 0. The number of hydrogen-bond donors (Lipinski definition) is 3. The number of nitrogens with zero attached hydrogens (tertiary/aromatic N) is 4. The van der Waals surface area contributed by atoms with Crippen molar-refractivity contribution in [2.24, 2.45) is 0 Å². The number of H-pyrrole nitrogens is 1. The van der Waals surface area contributed by atoms with Crippen molar-refractivity contribution < 1.29 is 37.4 Å². The maximum absolute atomic E-state index is 14.6. The second kappa shape index (κ2) is 14.6. The van der Waals surface area contributed by atoms with E-state index in [4.69, 9.17) is 9.72 Å². The summed E-state index contributed by atoms with van der Waals surface area (Å²) in [4.78, 5) is 49.7. The van der Waals surface area contributed by atoms with Crippen molar-refractivity contribution in [3.63, 3.8) is 0 Å². The fraction of sp³-hybridized carbons (Fsp3) is 0.368. The van der Waals surface area contributed by atoms with E-state index in [0.717, 1.165) is 22.4 Å². The van der Waals surface area contributed by atoms with E-state index in [1.54, 1.807) is 21.6 Å². The predicted molar refractivity (Wildman–Crippen MR) is 187 cm³/mol. The summed E-state index contributed by atoms with van der Waals surface area (Å²) in [5.74, 6) is -0.867. The van der Waals surface area contributed by atoms with Gasteiger partial charge >= 0.3 is 12.2 Å². The molecule has 0 bridgehead atoms. The number of aromatic nitrogens is 3. The van der Waals surface area contributed by atoms with Crippen LogP contribution in [-0.2, 0) is 29.1 Å². The third kappa shape index (κ3) is 7.01. The maximum Gasteiger partial charge on any atom is 0.408 e. The van der Waals surface area contributed by atoms with Gasteiger partial charge in [-0.3, -0.25) is 4.79 Å². The molecule has 4 atom stereocenters. The second-order valence-electron chi connectivity index (χ2n) is 13.5. The highest BCUT2D eigenvalue weighted by Crippen LogP contribution is 2.37. The largest absolute Gasteiger partial charge is 0.465 e. The number of halogens is 3. The number of benzene rings is 3. The Hall–Kier alpha value is -5.53. The number of nitrogens with one attached hydrogen (secondary N) is 2. The molecule has 2 saturated heterocycles. The van der Waals surface area contributed by atoms with Crippen LogP contribution in [0.3, 0.4) is 0 Å². The summed E-state index contributed by atoms with van der Waals surface area (Å²) in [6.45, 7) is 2.14. The SMILES string of the molecule is CC[C@H](NC(=O)OCc1ccccc1)C(=O)N1CCC[C@H]1Cc1c(-c2nc3cc(F)ccc3n2C[C@@H]2C[C@H](F)CN2C(=O)O)[nH]c2cc(F)ccc12. The van der Waals surface area contributed by atoms with E-state index in [0.29, 0.717) is 59.3 Å². The van der Waals surface area contributed by atoms with Crippen LogP contribution in [-0.4, -0.2) is 84.9 Å². The van der Waals surface area contributed by atoms with Crippen LogP contribution in [0.1, 0.15) is 43.7 Å². The summed E-state index contributed by atoms with van der Waals surface area (Å²) in [6, 6.07) is 15.9. The molecule has 0 radical (unpaired) electrons. The molecule has 3 aromatic carbocycles. The molecule has 5 aromatic rings. The highest BCUT2D eigenvalue weighted by Gasteiger charge is 2.38. The molecule has 2 aromatic heterocycles. The number of alkyl halides is 1. The summed E-state index contributed by atoms with van der Waals surface area (Å²) in [5.41, 5.74) is 3.38. The predicted octanol–water partition coefficient (Wildman–Crippen LogP) is 6.79. The number of carboxylic acid groups (broad SMARTS) is 1. The topological polar surface area (TPSA) is 133 Å². The minimum Gasteiger partial charge on any atom is -0.465 e. The van der Waals surface area contributed by atoms with Gasteiger partial charge in [-0.1, -0.05) is 37.3 Å². The summed E-state index contributed by atoms with van der Waals surface area (Å²) < 4.78 is 50.7. The molecule has 272 valence electrons. The molecule has 3 amide bonds. The highest BCUT2D eigenvalue weighted by molar-refractivity contribution is 5.92. The lowest BCUT2D eigenvalue weighted by Gasteiger charge is -2.29. The van der Waals surface area contributed by atoms with Gasteiger partial charge in [-0.15, -0.1) is 0 Å². The monoisotopic (exact) mass is 716 g/mol. The van der Waals surface area contributed by atoms with Crippen LogP contribution in [0.15, 0.2) is 66.7 Å². The van der Waals surface area contributed by atoms with Crippen LogP contribution in [0, 0.1) is 11.6 Å². The molecule has 4 heterocycles. The molecule has 0 saturated carbocycles. The second-order valence-corrected chi connectivity index (χ2v) is 13.5. The van der Waals surface area contributed by atoms with Crippen molar-refractivity contribution in [2.75, 3.05) is 13.1 Å². The lowest BCUT2D eigenvalue weighted by molar-refractivity contribution is -0.134. The van der Waals surface area contributed by atoms with Gasteiger partial charge in [0.25, 0.3) is 0 Å². The molecule has 2 fully saturated rings. The van der Waals surface area contributed by atoms with E-state index in [-0.39, 0.29) is 38.1 Å². The van der Waals surface area contributed by atoms with Gasteiger partial charge in [0.1, 0.15) is 30.5 Å². The maximum atomic E-state index is 14.6. The van der Waals surface area contributed by atoms with Gasteiger partial charge in [-0.05, 0) is 67.1 Å². The number of amides is 3. The Morgan fingerprint density at radius 1 is 1.04 bits per heavy atom. The van der Waals surface area contributed by atoms with E-state index >= 15 is 0 Å². The fourth-order valence-electron chi connectivity index (χ4n) is 7.61. The lowest BCUT2D eigenvalue weighted by atomic mass is 9.99. The minimum atomic E-state index is -1.33. The van der Waals surface area contributed by atoms with E-state index in [2.05, 4.69) is 10.3 Å². The first-order valence-corrected chi connectivity index (χ1v) is 17.5. The average molecular weight is 717 g/mol. The minimum absolute atomic E-state index is 0.0110. The van der Waals surface area contributed by atoms with Crippen LogP contribution < -0.4 is 5.32 Å². The first-order valence-electron chi connectivity index (χ1n) is 17.5. The van der Waals surface area contributed by atoms with Crippen molar-refractivity contribution in [1.29, 1.82) is 0 Å².